The highest BCUT2D eigenvalue weighted by Gasteiger charge is 2.20. The molecule has 0 aliphatic carbocycles. The van der Waals surface area contributed by atoms with Gasteiger partial charge in [0.25, 0.3) is 0 Å². The zero-order valence-electron chi connectivity index (χ0n) is 11.4. The Morgan fingerprint density at radius 1 is 0.944 bits per heavy atom. The molecular formula is C17H18O. The first-order chi connectivity index (χ1) is 8.48. The molecule has 1 aromatic heterocycles. The summed E-state index contributed by atoms with van der Waals surface area (Å²) in [6.45, 7) is 8.81. The van der Waals surface area contributed by atoms with Crippen molar-refractivity contribution in [1.29, 1.82) is 0 Å². The molecule has 0 unspecified atom stereocenters. The minimum Gasteiger partial charge on any atom is -0.456 e. The molecule has 0 bridgehead atoms. The van der Waals surface area contributed by atoms with Gasteiger partial charge in [0, 0.05) is 16.3 Å². The van der Waals surface area contributed by atoms with Gasteiger partial charge in [0.1, 0.15) is 11.2 Å². The molecule has 1 heteroatoms. The number of hydrogen-bond acceptors (Lipinski definition) is 1. The summed E-state index contributed by atoms with van der Waals surface area (Å²) < 4.78 is 6.09. The van der Waals surface area contributed by atoms with Crippen LogP contribution < -0.4 is 0 Å². The van der Waals surface area contributed by atoms with E-state index in [-0.39, 0.29) is 5.41 Å². The predicted molar refractivity (Wildman–Crippen MR) is 77.2 cm³/mol. The number of aryl methyl sites for hydroxylation is 1. The Balaban J connectivity index is 2.51. The van der Waals surface area contributed by atoms with Crippen molar-refractivity contribution in [3.05, 3.63) is 47.5 Å². The smallest absolute Gasteiger partial charge is 0.139 e. The quantitative estimate of drug-likeness (QED) is 0.525. The Morgan fingerprint density at radius 3 is 2.39 bits per heavy atom. The van der Waals surface area contributed by atoms with Crippen molar-refractivity contribution < 1.29 is 4.42 Å². The zero-order valence-corrected chi connectivity index (χ0v) is 11.4. The minimum atomic E-state index is 0.0985. The second-order valence-electron chi connectivity index (χ2n) is 5.98. The first-order valence-electron chi connectivity index (χ1n) is 6.40. The summed E-state index contributed by atoms with van der Waals surface area (Å²) in [6, 6.07) is 12.7. The molecule has 1 heterocycles. The van der Waals surface area contributed by atoms with Crippen molar-refractivity contribution in [1.82, 2.24) is 0 Å². The number of furan rings is 1. The topological polar surface area (TPSA) is 13.1 Å². The summed E-state index contributed by atoms with van der Waals surface area (Å²) in [5.74, 6) is 0. The fourth-order valence-electron chi connectivity index (χ4n) is 2.62. The van der Waals surface area contributed by atoms with Crippen LogP contribution in [-0.2, 0) is 5.41 Å². The molecule has 0 atom stereocenters. The Morgan fingerprint density at radius 2 is 1.67 bits per heavy atom. The third-order valence-electron chi connectivity index (χ3n) is 3.54. The van der Waals surface area contributed by atoms with Gasteiger partial charge in [-0.2, -0.15) is 0 Å². The maximum Gasteiger partial charge on any atom is 0.139 e. The molecular weight excluding hydrogens is 220 g/mol. The van der Waals surface area contributed by atoms with Crippen LogP contribution in [0.4, 0.5) is 0 Å². The lowest BCUT2D eigenvalue weighted by Crippen LogP contribution is -2.10. The fraction of sp³-hybridized carbons (Fsp3) is 0.294. The molecule has 0 amide bonds. The van der Waals surface area contributed by atoms with Crippen LogP contribution >= 0.6 is 0 Å². The van der Waals surface area contributed by atoms with E-state index in [0.29, 0.717) is 0 Å². The predicted octanol–water partition coefficient (Wildman–Crippen LogP) is 5.19. The normalized spacial score (nSPS) is 12.4. The van der Waals surface area contributed by atoms with Gasteiger partial charge in [-0.3, -0.25) is 0 Å². The second-order valence-corrected chi connectivity index (χ2v) is 5.98. The van der Waals surface area contributed by atoms with E-state index in [4.69, 9.17) is 4.42 Å². The number of fused-ring (bicyclic) bond motifs is 3. The summed E-state index contributed by atoms with van der Waals surface area (Å²) in [4.78, 5) is 0. The fourth-order valence-corrected chi connectivity index (χ4v) is 2.62. The largest absolute Gasteiger partial charge is 0.456 e. The molecule has 92 valence electrons. The van der Waals surface area contributed by atoms with E-state index in [1.54, 1.807) is 0 Å². The molecule has 0 aliphatic rings. The third-order valence-corrected chi connectivity index (χ3v) is 3.54. The van der Waals surface area contributed by atoms with Gasteiger partial charge >= 0.3 is 0 Å². The van der Waals surface area contributed by atoms with Gasteiger partial charge in [-0.05, 0) is 24.0 Å². The van der Waals surface area contributed by atoms with Crippen LogP contribution in [0.15, 0.2) is 40.8 Å². The lowest BCUT2D eigenvalue weighted by atomic mass is 9.86. The van der Waals surface area contributed by atoms with Crippen molar-refractivity contribution in [2.75, 3.05) is 0 Å². The van der Waals surface area contributed by atoms with Crippen molar-refractivity contribution in [3.8, 4) is 0 Å². The summed E-state index contributed by atoms with van der Waals surface area (Å²) >= 11 is 0. The van der Waals surface area contributed by atoms with Crippen LogP contribution in [0.1, 0.15) is 31.9 Å². The van der Waals surface area contributed by atoms with E-state index < -0.39 is 0 Å². The highest BCUT2D eigenvalue weighted by molar-refractivity contribution is 6.07. The van der Waals surface area contributed by atoms with Crippen LogP contribution in [0.25, 0.3) is 21.9 Å². The van der Waals surface area contributed by atoms with Gasteiger partial charge < -0.3 is 4.42 Å². The first-order valence-corrected chi connectivity index (χ1v) is 6.40. The van der Waals surface area contributed by atoms with Gasteiger partial charge in [-0.25, -0.2) is 0 Å². The Hall–Kier alpha value is -1.76. The molecule has 0 spiro atoms. The molecule has 0 saturated heterocycles. The van der Waals surface area contributed by atoms with Gasteiger partial charge in [0.2, 0.25) is 0 Å². The van der Waals surface area contributed by atoms with E-state index in [1.165, 1.54) is 21.9 Å². The van der Waals surface area contributed by atoms with Crippen molar-refractivity contribution in [3.63, 3.8) is 0 Å². The van der Waals surface area contributed by atoms with Crippen LogP contribution in [-0.4, -0.2) is 0 Å². The molecule has 0 aliphatic heterocycles. The van der Waals surface area contributed by atoms with Crippen LogP contribution in [0.2, 0.25) is 0 Å². The summed E-state index contributed by atoms with van der Waals surface area (Å²) in [5, 5.41) is 2.48. The molecule has 2 aromatic carbocycles. The van der Waals surface area contributed by atoms with E-state index >= 15 is 0 Å². The van der Waals surface area contributed by atoms with Gasteiger partial charge in [0.15, 0.2) is 0 Å². The van der Waals surface area contributed by atoms with E-state index in [2.05, 4.69) is 64.1 Å². The number of para-hydroxylation sites is 1. The van der Waals surface area contributed by atoms with E-state index in [0.717, 1.165) is 11.2 Å². The van der Waals surface area contributed by atoms with Crippen LogP contribution in [0.5, 0.6) is 0 Å². The molecule has 0 saturated carbocycles. The van der Waals surface area contributed by atoms with Crippen molar-refractivity contribution in [2.24, 2.45) is 0 Å². The second kappa shape index (κ2) is 3.61. The Labute approximate surface area is 107 Å². The highest BCUT2D eigenvalue weighted by Crippen LogP contribution is 2.37. The average Bonchev–Trinajstić information content (AvgIpc) is 2.66. The zero-order chi connectivity index (χ0) is 12.9. The summed E-state index contributed by atoms with van der Waals surface area (Å²) in [7, 11) is 0. The lowest BCUT2D eigenvalue weighted by Gasteiger charge is -2.18. The summed E-state index contributed by atoms with van der Waals surface area (Å²) in [6.07, 6.45) is 0. The SMILES string of the molecule is Cc1cccc2oc3c(C(C)(C)C)cccc3c12. The number of rotatable bonds is 0. The van der Waals surface area contributed by atoms with Crippen molar-refractivity contribution >= 4 is 21.9 Å². The molecule has 3 aromatic rings. The maximum absolute atomic E-state index is 6.09. The Kier molecular flexibility index (Phi) is 2.28. The molecule has 1 nitrogen and oxygen atoms in total. The third kappa shape index (κ3) is 1.54. The molecule has 0 fully saturated rings. The van der Waals surface area contributed by atoms with Crippen LogP contribution in [0, 0.1) is 6.92 Å². The standard InChI is InChI=1S/C17H18O/c1-11-7-5-10-14-15(11)12-8-6-9-13(16(12)18-14)17(2,3)4/h5-10H,1-4H3. The van der Waals surface area contributed by atoms with Crippen molar-refractivity contribution in [2.45, 2.75) is 33.1 Å². The van der Waals surface area contributed by atoms with Crippen LogP contribution in [0.3, 0.4) is 0 Å². The van der Waals surface area contributed by atoms with Gasteiger partial charge in [-0.15, -0.1) is 0 Å². The first kappa shape index (κ1) is 11.3. The average molecular weight is 238 g/mol. The lowest BCUT2D eigenvalue weighted by molar-refractivity contribution is 0.573. The molecule has 0 N–H and O–H groups in total. The van der Waals surface area contributed by atoms with E-state index in [1.807, 2.05) is 0 Å². The monoisotopic (exact) mass is 238 g/mol. The molecule has 0 radical (unpaired) electrons. The number of benzene rings is 2. The van der Waals surface area contributed by atoms with Gasteiger partial charge in [-0.1, -0.05) is 51.1 Å². The molecule has 3 rings (SSSR count). The molecule has 18 heavy (non-hydrogen) atoms. The maximum atomic E-state index is 6.09. The summed E-state index contributed by atoms with van der Waals surface area (Å²) in [5.41, 5.74) is 4.67. The minimum absolute atomic E-state index is 0.0985. The number of hydrogen-bond donors (Lipinski definition) is 0. The van der Waals surface area contributed by atoms with Gasteiger partial charge in [0.05, 0.1) is 0 Å². The highest BCUT2D eigenvalue weighted by atomic mass is 16.3. The Bertz CT molecular complexity index is 726. The van der Waals surface area contributed by atoms with E-state index in [9.17, 15) is 0 Å².